The summed E-state index contributed by atoms with van der Waals surface area (Å²) in [4.78, 5) is 14.1. The lowest BCUT2D eigenvalue weighted by Crippen LogP contribution is -2.35. The Kier molecular flexibility index (Phi) is 4.55. The number of sulfonamides is 1. The molecule has 1 saturated heterocycles. The zero-order valence-electron chi connectivity index (χ0n) is 11.2. The van der Waals surface area contributed by atoms with E-state index in [1.807, 2.05) is 0 Å². The first-order valence-electron chi connectivity index (χ1n) is 6.43. The molecule has 1 amide bonds. The first kappa shape index (κ1) is 15.1. The number of hydrogen-bond acceptors (Lipinski definition) is 3. The molecule has 0 saturated carbocycles. The average Bonchev–Trinajstić information content (AvgIpc) is 2.37. The highest BCUT2D eigenvalue weighted by atomic mass is 35.5. The Morgan fingerprint density at radius 1 is 1.25 bits per heavy atom. The molecular formula is C13H17ClN2O3S. The van der Waals surface area contributed by atoms with E-state index in [4.69, 9.17) is 11.6 Å². The fourth-order valence-electron chi connectivity index (χ4n) is 2.23. The summed E-state index contributed by atoms with van der Waals surface area (Å²) in [6, 6.07) is 4.57. The second kappa shape index (κ2) is 6.01. The van der Waals surface area contributed by atoms with E-state index >= 15 is 0 Å². The second-order valence-corrected chi connectivity index (χ2v) is 7.08. The molecule has 1 aromatic carbocycles. The predicted octanol–water partition coefficient (Wildman–Crippen LogP) is 2.34. The summed E-state index contributed by atoms with van der Waals surface area (Å²) in [6.07, 6.45) is 4.23. The van der Waals surface area contributed by atoms with Crippen molar-refractivity contribution in [1.82, 2.24) is 4.90 Å². The third-order valence-electron chi connectivity index (χ3n) is 3.15. The number of anilines is 1. The van der Waals surface area contributed by atoms with E-state index in [0.29, 0.717) is 11.3 Å². The van der Waals surface area contributed by atoms with Crippen molar-refractivity contribution >= 4 is 33.2 Å². The topological polar surface area (TPSA) is 66.5 Å². The van der Waals surface area contributed by atoms with Gasteiger partial charge >= 0.3 is 0 Å². The first-order valence-corrected chi connectivity index (χ1v) is 8.70. The summed E-state index contributed by atoms with van der Waals surface area (Å²) >= 11 is 6.09. The number of halogens is 1. The zero-order chi connectivity index (χ0) is 14.8. The SMILES string of the molecule is CS(=O)(=O)Nc1ccc(C(=O)N2CCCCC2)c(Cl)c1. The smallest absolute Gasteiger partial charge is 0.255 e. The highest BCUT2D eigenvalue weighted by Crippen LogP contribution is 2.24. The minimum Gasteiger partial charge on any atom is -0.339 e. The number of nitrogens with zero attached hydrogens (tertiary/aromatic N) is 1. The minimum absolute atomic E-state index is 0.0967. The van der Waals surface area contributed by atoms with Gasteiger partial charge in [0.2, 0.25) is 10.0 Å². The Balaban J connectivity index is 2.18. The fraction of sp³-hybridized carbons (Fsp3) is 0.462. The Hall–Kier alpha value is -1.27. The molecule has 5 nitrogen and oxygen atoms in total. The fourth-order valence-corrected chi connectivity index (χ4v) is 3.05. The molecule has 110 valence electrons. The molecule has 0 radical (unpaired) electrons. The summed E-state index contributed by atoms with van der Waals surface area (Å²) in [7, 11) is -3.35. The van der Waals surface area contributed by atoms with Crippen molar-refractivity contribution in [3.05, 3.63) is 28.8 Å². The number of carbonyl (C=O) groups excluding carboxylic acids is 1. The molecule has 0 aliphatic carbocycles. The second-order valence-electron chi connectivity index (χ2n) is 4.92. The van der Waals surface area contributed by atoms with Crippen LogP contribution in [0, 0.1) is 0 Å². The van der Waals surface area contributed by atoms with Gasteiger partial charge in [0.25, 0.3) is 5.91 Å². The molecule has 0 spiro atoms. The van der Waals surface area contributed by atoms with Crippen molar-refractivity contribution in [3.8, 4) is 0 Å². The van der Waals surface area contributed by atoms with Crippen LogP contribution in [0.3, 0.4) is 0 Å². The molecule has 1 fully saturated rings. The van der Waals surface area contributed by atoms with Crippen molar-refractivity contribution < 1.29 is 13.2 Å². The van der Waals surface area contributed by atoms with Crippen molar-refractivity contribution in [2.24, 2.45) is 0 Å². The van der Waals surface area contributed by atoms with Crippen LogP contribution in [0.1, 0.15) is 29.6 Å². The summed E-state index contributed by atoms with van der Waals surface area (Å²) in [5, 5.41) is 0.259. The van der Waals surface area contributed by atoms with Crippen LogP contribution in [-0.4, -0.2) is 38.6 Å². The lowest BCUT2D eigenvalue weighted by molar-refractivity contribution is 0.0724. The van der Waals surface area contributed by atoms with Gasteiger partial charge in [-0.2, -0.15) is 0 Å². The lowest BCUT2D eigenvalue weighted by atomic mass is 10.1. The molecule has 0 bridgehead atoms. The number of likely N-dealkylation sites (tertiary alicyclic amines) is 1. The Bertz CT molecular complexity index is 610. The number of rotatable bonds is 3. The van der Waals surface area contributed by atoms with Crippen molar-refractivity contribution in [2.45, 2.75) is 19.3 Å². The number of carbonyl (C=O) groups is 1. The van der Waals surface area contributed by atoms with E-state index in [9.17, 15) is 13.2 Å². The molecule has 20 heavy (non-hydrogen) atoms. The van der Waals surface area contributed by atoms with Crippen LogP contribution in [-0.2, 0) is 10.0 Å². The largest absolute Gasteiger partial charge is 0.339 e. The summed E-state index contributed by atoms with van der Waals surface area (Å²) in [5.41, 5.74) is 0.764. The summed E-state index contributed by atoms with van der Waals surface area (Å²) in [6.45, 7) is 1.50. The quantitative estimate of drug-likeness (QED) is 0.930. The van der Waals surface area contributed by atoms with E-state index in [0.717, 1.165) is 38.6 Å². The van der Waals surface area contributed by atoms with E-state index in [-0.39, 0.29) is 10.9 Å². The van der Waals surface area contributed by atoms with Gasteiger partial charge in [-0.1, -0.05) is 11.6 Å². The van der Waals surface area contributed by atoms with Crippen LogP contribution < -0.4 is 4.72 Å². The van der Waals surface area contributed by atoms with Gasteiger partial charge in [0.1, 0.15) is 0 Å². The Morgan fingerprint density at radius 3 is 2.45 bits per heavy atom. The Labute approximate surface area is 124 Å². The van der Waals surface area contributed by atoms with Gasteiger partial charge in [-0.25, -0.2) is 8.42 Å². The molecule has 0 aromatic heterocycles. The molecule has 1 N–H and O–H groups in total. The van der Waals surface area contributed by atoms with Gasteiger partial charge in [0.05, 0.1) is 16.8 Å². The number of nitrogens with one attached hydrogen (secondary N) is 1. The predicted molar refractivity (Wildman–Crippen MR) is 79.7 cm³/mol. The van der Waals surface area contributed by atoms with Crippen molar-refractivity contribution in [1.29, 1.82) is 0 Å². The van der Waals surface area contributed by atoms with Crippen LogP contribution >= 0.6 is 11.6 Å². The number of benzene rings is 1. The van der Waals surface area contributed by atoms with Gasteiger partial charge in [0, 0.05) is 18.8 Å². The maximum Gasteiger partial charge on any atom is 0.255 e. The first-order chi connectivity index (χ1) is 9.37. The summed E-state index contributed by atoms with van der Waals surface area (Å²) in [5.74, 6) is -0.0967. The minimum atomic E-state index is -3.35. The van der Waals surface area contributed by atoms with E-state index in [1.54, 1.807) is 17.0 Å². The van der Waals surface area contributed by atoms with Gasteiger partial charge in [-0.15, -0.1) is 0 Å². The van der Waals surface area contributed by atoms with Crippen molar-refractivity contribution in [3.63, 3.8) is 0 Å². The monoisotopic (exact) mass is 316 g/mol. The maximum atomic E-state index is 12.3. The number of hydrogen-bond donors (Lipinski definition) is 1. The third kappa shape index (κ3) is 3.86. The van der Waals surface area contributed by atoms with Crippen LogP contribution in [0.25, 0.3) is 0 Å². The standard InChI is InChI=1S/C13H17ClN2O3S/c1-20(18,19)15-10-5-6-11(12(14)9-10)13(17)16-7-3-2-4-8-16/h5-6,9,15H,2-4,7-8H2,1H3. The molecule has 7 heteroatoms. The Morgan fingerprint density at radius 2 is 1.90 bits per heavy atom. The molecule has 1 aliphatic rings. The normalized spacial score (nSPS) is 16.0. The van der Waals surface area contributed by atoms with Crippen LogP contribution in [0.4, 0.5) is 5.69 Å². The number of amides is 1. The van der Waals surface area contributed by atoms with E-state index in [2.05, 4.69) is 4.72 Å². The molecule has 0 unspecified atom stereocenters. The highest BCUT2D eigenvalue weighted by molar-refractivity contribution is 7.92. The molecule has 1 aliphatic heterocycles. The highest BCUT2D eigenvalue weighted by Gasteiger charge is 2.20. The molecule has 2 rings (SSSR count). The van der Waals surface area contributed by atoms with Crippen LogP contribution in [0.15, 0.2) is 18.2 Å². The van der Waals surface area contributed by atoms with Crippen LogP contribution in [0.2, 0.25) is 5.02 Å². The van der Waals surface area contributed by atoms with Gasteiger partial charge in [-0.3, -0.25) is 9.52 Å². The van der Waals surface area contributed by atoms with Gasteiger partial charge in [-0.05, 0) is 37.5 Å². The van der Waals surface area contributed by atoms with E-state index in [1.165, 1.54) is 6.07 Å². The van der Waals surface area contributed by atoms with Gasteiger partial charge < -0.3 is 4.90 Å². The van der Waals surface area contributed by atoms with E-state index < -0.39 is 10.0 Å². The lowest BCUT2D eigenvalue weighted by Gasteiger charge is -2.27. The third-order valence-corrected chi connectivity index (χ3v) is 4.07. The van der Waals surface area contributed by atoms with Crippen LogP contribution in [0.5, 0.6) is 0 Å². The molecule has 0 atom stereocenters. The maximum absolute atomic E-state index is 12.3. The molecule has 1 aromatic rings. The van der Waals surface area contributed by atoms with Crippen molar-refractivity contribution in [2.75, 3.05) is 24.1 Å². The summed E-state index contributed by atoms with van der Waals surface area (Å²) < 4.78 is 24.6. The average molecular weight is 317 g/mol. The molecular weight excluding hydrogens is 300 g/mol. The van der Waals surface area contributed by atoms with Gasteiger partial charge in [0.15, 0.2) is 0 Å². The zero-order valence-corrected chi connectivity index (χ0v) is 12.8. The number of piperidine rings is 1. The molecule has 1 heterocycles.